The van der Waals surface area contributed by atoms with E-state index in [2.05, 4.69) is 10.0 Å². The summed E-state index contributed by atoms with van der Waals surface area (Å²) < 4.78 is 54.9. The van der Waals surface area contributed by atoms with Crippen LogP contribution in [0.2, 0.25) is 10.0 Å². The van der Waals surface area contributed by atoms with Crippen LogP contribution in [0.4, 0.5) is 11.4 Å². The van der Waals surface area contributed by atoms with Gasteiger partial charge in [0.2, 0.25) is 10.0 Å². The number of nitrogens with one attached hydrogen (secondary N) is 2. The van der Waals surface area contributed by atoms with Gasteiger partial charge in [0.25, 0.3) is 15.9 Å². The van der Waals surface area contributed by atoms with Gasteiger partial charge in [0, 0.05) is 35.1 Å². The predicted octanol–water partition coefficient (Wildman–Crippen LogP) is 4.83. The lowest BCUT2D eigenvalue weighted by molar-refractivity contribution is 0.102. The molecular weight excluding hydrogens is 533 g/mol. The number of hydrogen-bond acceptors (Lipinski definition) is 5. The molecule has 0 unspecified atom stereocenters. The number of carbonyl (C=O) groups is 1. The number of rotatable bonds is 7. The first-order valence-electron chi connectivity index (χ1n) is 10.6. The van der Waals surface area contributed by atoms with Gasteiger partial charge in [-0.3, -0.25) is 9.52 Å². The molecule has 1 fully saturated rings. The minimum Gasteiger partial charge on any atom is -0.322 e. The Morgan fingerprint density at radius 1 is 0.800 bits per heavy atom. The van der Waals surface area contributed by atoms with Crippen LogP contribution in [0.5, 0.6) is 0 Å². The molecule has 0 bridgehead atoms. The van der Waals surface area contributed by atoms with Gasteiger partial charge in [-0.05, 0) is 79.6 Å². The van der Waals surface area contributed by atoms with E-state index in [4.69, 9.17) is 23.2 Å². The molecule has 1 aliphatic heterocycles. The Morgan fingerprint density at radius 3 is 2.03 bits per heavy atom. The molecule has 184 valence electrons. The van der Waals surface area contributed by atoms with Gasteiger partial charge < -0.3 is 5.32 Å². The summed E-state index contributed by atoms with van der Waals surface area (Å²) in [7, 11) is -7.65. The smallest absolute Gasteiger partial charge is 0.263 e. The highest BCUT2D eigenvalue weighted by Gasteiger charge is 2.27. The highest BCUT2D eigenvalue weighted by Crippen LogP contribution is 2.28. The van der Waals surface area contributed by atoms with Crippen molar-refractivity contribution in [3.05, 3.63) is 82.3 Å². The van der Waals surface area contributed by atoms with Crippen LogP contribution in [0, 0.1) is 0 Å². The molecule has 3 aromatic rings. The molecule has 8 nitrogen and oxygen atoms in total. The Labute approximate surface area is 214 Å². The van der Waals surface area contributed by atoms with Crippen molar-refractivity contribution < 1.29 is 21.6 Å². The molecule has 1 saturated heterocycles. The molecule has 1 aliphatic rings. The van der Waals surface area contributed by atoms with E-state index in [1.54, 1.807) is 12.1 Å². The number of nitrogens with zero attached hydrogens (tertiary/aromatic N) is 1. The van der Waals surface area contributed by atoms with Crippen molar-refractivity contribution in [1.82, 2.24) is 4.31 Å². The fourth-order valence-electron chi connectivity index (χ4n) is 3.57. The lowest BCUT2D eigenvalue weighted by Crippen LogP contribution is -2.27. The average molecular weight is 554 g/mol. The minimum atomic E-state index is -4.06. The summed E-state index contributed by atoms with van der Waals surface area (Å²) in [5.74, 6) is -0.536. The number of amides is 1. The standard InChI is InChI=1S/C23H21Cl2N3O5S2/c24-17-5-7-18(8-6-17)27-34(30,31)22-15-19(9-12-21(22)25)26-23(29)16-3-10-20(11-4-16)35(32,33)28-13-1-2-14-28/h3-12,15,27H,1-2,13-14H2,(H,26,29). The molecule has 12 heteroatoms. The van der Waals surface area contributed by atoms with Crippen LogP contribution < -0.4 is 10.0 Å². The minimum absolute atomic E-state index is 0.0269. The Balaban J connectivity index is 1.51. The van der Waals surface area contributed by atoms with E-state index in [9.17, 15) is 21.6 Å². The monoisotopic (exact) mass is 553 g/mol. The lowest BCUT2D eigenvalue weighted by atomic mass is 10.2. The molecule has 1 heterocycles. The fraction of sp³-hybridized carbons (Fsp3) is 0.174. The normalized spacial score (nSPS) is 14.6. The topological polar surface area (TPSA) is 113 Å². The predicted molar refractivity (Wildman–Crippen MR) is 136 cm³/mol. The lowest BCUT2D eigenvalue weighted by Gasteiger charge is -2.15. The third-order valence-corrected chi connectivity index (χ3v) is 9.42. The van der Waals surface area contributed by atoms with Gasteiger partial charge in [-0.2, -0.15) is 4.31 Å². The van der Waals surface area contributed by atoms with Crippen molar-refractivity contribution in [2.24, 2.45) is 0 Å². The SMILES string of the molecule is O=C(Nc1ccc(Cl)c(S(=O)(=O)Nc2ccc(Cl)cc2)c1)c1ccc(S(=O)(=O)N2CCCC2)cc1. The van der Waals surface area contributed by atoms with Crippen LogP contribution >= 0.6 is 23.2 Å². The van der Waals surface area contributed by atoms with E-state index in [1.807, 2.05) is 0 Å². The maximum absolute atomic E-state index is 12.9. The van der Waals surface area contributed by atoms with Gasteiger partial charge in [-0.25, -0.2) is 16.8 Å². The van der Waals surface area contributed by atoms with Gasteiger partial charge in [0.1, 0.15) is 4.90 Å². The van der Waals surface area contributed by atoms with Crippen LogP contribution in [-0.2, 0) is 20.0 Å². The number of carbonyl (C=O) groups excluding carboxylic acids is 1. The molecule has 0 radical (unpaired) electrons. The fourth-order valence-corrected chi connectivity index (χ4v) is 6.80. The Hall–Kier alpha value is -2.63. The summed E-state index contributed by atoms with van der Waals surface area (Å²) in [4.78, 5) is 12.6. The second kappa shape index (κ2) is 10.2. The van der Waals surface area contributed by atoms with Crippen LogP contribution in [-0.4, -0.2) is 40.1 Å². The Morgan fingerprint density at radius 2 is 1.40 bits per heavy atom. The van der Waals surface area contributed by atoms with Crippen molar-refractivity contribution in [2.45, 2.75) is 22.6 Å². The molecule has 0 spiro atoms. The molecule has 0 aliphatic carbocycles. The van der Waals surface area contributed by atoms with Crippen LogP contribution in [0.25, 0.3) is 0 Å². The van der Waals surface area contributed by atoms with Gasteiger partial charge in [-0.1, -0.05) is 23.2 Å². The second-order valence-electron chi connectivity index (χ2n) is 7.85. The van der Waals surface area contributed by atoms with Gasteiger partial charge in [0.15, 0.2) is 0 Å². The number of anilines is 2. The van der Waals surface area contributed by atoms with E-state index in [1.165, 1.54) is 58.9 Å². The number of sulfonamides is 2. The van der Waals surface area contributed by atoms with Crippen LogP contribution in [0.1, 0.15) is 23.2 Å². The molecule has 0 saturated carbocycles. The van der Waals surface area contributed by atoms with Crippen LogP contribution in [0.15, 0.2) is 76.5 Å². The first kappa shape index (κ1) is 25.5. The summed E-state index contributed by atoms with van der Waals surface area (Å²) >= 11 is 12.0. The quantitative estimate of drug-likeness (QED) is 0.435. The molecule has 4 rings (SSSR count). The molecular formula is C23H21Cl2N3O5S2. The average Bonchev–Trinajstić information content (AvgIpc) is 3.38. The molecule has 1 amide bonds. The highest BCUT2D eigenvalue weighted by atomic mass is 35.5. The van der Waals surface area contributed by atoms with E-state index in [0.717, 1.165) is 12.8 Å². The van der Waals surface area contributed by atoms with E-state index < -0.39 is 26.0 Å². The van der Waals surface area contributed by atoms with E-state index in [0.29, 0.717) is 23.8 Å². The maximum Gasteiger partial charge on any atom is 0.263 e. The Bertz CT molecular complexity index is 1450. The third kappa shape index (κ3) is 5.79. The second-order valence-corrected chi connectivity index (χ2v) is 12.3. The van der Waals surface area contributed by atoms with Crippen molar-refractivity contribution in [1.29, 1.82) is 0 Å². The van der Waals surface area contributed by atoms with Gasteiger partial charge in [0.05, 0.1) is 9.92 Å². The van der Waals surface area contributed by atoms with E-state index >= 15 is 0 Å². The van der Waals surface area contributed by atoms with Gasteiger partial charge >= 0.3 is 0 Å². The molecule has 0 aromatic heterocycles. The van der Waals surface area contributed by atoms with Crippen molar-refractivity contribution in [3.63, 3.8) is 0 Å². The third-order valence-electron chi connectivity index (χ3n) is 5.39. The summed E-state index contributed by atoms with van der Waals surface area (Å²) in [6, 6.07) is 15.8. The van der Waals surface area contributed by atoms with Crippen LogP contribution in [0.3, 0.4) is 0 Å². The van der Waals surface area contributed by atoms with E-state index in [-0.39, 0.29) is 26.1 Å². The first-order chi connectivity index (χ1) is 16.6. The zero-order valence-electron chi connectivity index (χ0n) is 18.2. The molecule has 2 N–H and O–H groups in total. The van der Waals surface area contributed by atoms with Crippen molar-refractivity contribution >= 4 is 60.5 Å². The number of halogens is 2. The number of benzene rings is 3. The van der Waals surface area contributed by atoms with Crippen molar-refractivity contribution in [3.8, 4) is 0 Å². The molecule has 3 aromatic carbocycles. The summed E-state index contributed by atoms with van der Waals surface area (Å²) in [5.41, 5.74) is 0.706. The number of hydrogen-bond donors (Lipinski definition) is 2. The zero-order valence-corrected chi connectivity index (χ0v) is 21.4. The Kier molecular flexibility index (Phi) is 7.39. The summed E-state index contributed by atoms with van der Waals surface area (Å²) in [6.45, 7) is 0.971. The zero-order chi connectivity index (χ0) is 25.2. The largest absolute Gasteiger partial charge is 0.322 e. The summed E-state index contributed by atoms with van der Waals surface area (Å²) in [5, 5.41) is 3.04. The highest BCUT2D eigenvalue weighted by molar-refractivity contribution is 7.92. The molecule has 0 atom stereocenters. The van der Waals surface area contributed by atoms with Crippen molar-refractivity contribution in [2.75, 3.05) is 23.1 Å². The maximum atomic E-state index is 12.9. The van der Waals surface area contributed by atoms with Gasteiger partial charge in [-0.15, -0.1) is 0 Å². The first-order valence-corrected chi connectivity index (χ1v) is 14.2. The molecule has 35 heavy (non-hydrogen) atoms. The summed E-state index contributed by atoms with van der Waals surface area (Å²) in [6.07, 6.45) is 1.65.